The Hall–Kier alpha value is -5.33. The van der Waals surface area contributed by atoms with Crippen LogP contribution in [0.15, 0.2) is 97.5 Å². The van der Waals surface area contributed by atoms with Crippen molar-refractivity contribution in [2.45, 2.75) is 0 Å². The zero-order valence-corrected chi connectivity index (χ0v) is 23.4. The van der Waals surface area contributed by atoms with Crippen LogP contribution in [0.2, 0.25) is 0 Å². The van der Waals surface area contributed by atoms with Gasteiger partial charge in [-0.15, -0.1) is 12.4 Å². The summed E-state index contributed by atoms with van der Waals surface area (Å²) in [6.45, 7) is 0. The minimum Gasteiger partial charge on any atom is -1.00 e. The SMILES string of the molecule is C[n+]1ccc(Nc2ccc(C(=O)Nc3ccc(Nc4ccncc4)cc3)c([N+](=O)[O-])c2)c2cc([N+](=O)[O-])ccc21.Cl.[Cl-]. The molecule has 214 valence electrons. The van der Waals surface area contributed by atoms with Crippen molar-refractivity contribution in [2.75, 3.05) is 16.0 Å². The second-order valence-corrected chi connectivity index (χ2v) is 8.81. The number of nitro benzene ring substituents is 2. The molecule has 1 amide bonds. The molecule has 0 bridgehead atoms. The molecular formula is C28H23Cl2N7O5. The number of non-ortho nitro benzene ring substituents is 1. The number of hydrogen-bond donors (Lipinski definition) is 3. The summed E-state index contributed by atoms with van der Waals surface area (Å²) in [5, 5.41) is 32.7. The van der Waals surface area contributed by atoms with Crippen LogP contribution < -0.4 is 32.9 Å². The number of halogens is 2. The first-order valence-electron chi connectivity index (χ1n) is 12.0. The van der Waals surface area contributed by atoms with E-state index in [1.165, 1.54) is 24.3 Å². The van der Waals surface area contributed by atoms with Gasteiger partial charge in [0.05, 0.1) is 20.9 Å². The quantitative estimate of drug-likeness (QED) is 0.138. The van der Waals surface area contributed by atoms with E-state index in [1.807, 2.05) is 16.7 Å². The predicted octanol–water partition coefficient (Wildman–Crippen LogP) is 3.04. The van der Waals surface area contributed by atoms with Crippen LogP contribution >= 0.6 is 12.4 Å². The number of amides is 1. The topological polar surface area (TPSA) is 156 Å². The van der Waals surface area contributed by atoms with Gasteiger partial charge in [-0.3, -0.25) is 30.0 Å². The van der Waals surface area contributed by atoms with E-state index in [9.17, 15) is 25.0 Å². The molecule has 3 N–H and O–H groups in total. The van der Waals surface area contributed by atoms with Crippen molar-refractivity contribution in [3.63, 3.8) is 0 Å². The largest absolute Gasteiger partial charge is 1.00 e. The first-order chi connectivity index (χ1) is 19.3. The number of benzene rings is 3. The predicted molar refractivity (Wildman–Crippen MR) is 157 cm³/mol. The minimum absolute atomic E-state index is 0. The number of aromatic nitrogens is 2. The maximum absolute atomic E-state index is 13.0. The average molecular weight is 608 g/mol. The van der Waals surface area contributed by atoms with Gasteiger partial charge in [0, 0.05) is 65.5 Å². The fraction of sp³-hybridized carbons (Fsp3) is 0.0357. The molecule has 14 heteroatoms. The van der Waals surface area contributed by atoms with Gasteiger partial charge >= 0.3 is 0 Å². The second kappa shape index (κ2) is 13.4. The zero-order valence-electron chi connectivity index (χ0n) is 21.9. The number of fused-ring (bicyclic) bond motifs is 1. The number of carbonyl (C=O) groups is 1. The van der Waals surface area contributed by atoms with Gasteiger partial charge in [-0.25, -0.2) is 4.57 Å². The molecule has 0 saturated heterocycles. The molecule has 12 nitrogen and oxygen atoms in total. The summed E-state index contributed by atoms with van der Waals surface area (Å²) in [5.74, 6) is -0.638. The molecule has 0 aliphatic heterocycles. The van der Waals surface area contributed by atoms with Gasteiger partial charge in [-0.05, 0) is 48.5 Å². The Bertz CT molecular complexity index is 1770. The van der Waals surface area contributed by atoms with Gasteiger partial charge in [-0.2, -0.15) is 0 Å². The highest BCUT2D eigenvalue weighted by Gasteiger charge is 2.22. The lowest BCUT2D eigenvalue weighted by Gasteiger charge is -2.11. The van der Waals surface area contributed by atoms with Crippen LogP contribution in [-0.2, 0) is 7.05 Å². The Morgan fingerprint density at radius 2 is 1.43 bits per heavy atom. The van der Waals surface area contributed by atoms with Crippen molar-refractivity contribution < 1.29 is 31.6 Å². The molecule has 0 radical (unpaired) electrons. The van der Waals surface area contributed by atoms with Crippen molar-refractivity contribution >= 4 is 69.0 Å². The number of rotatable bonds is 8. The van der Waals surface area contributed by atoms with Crippen LogP contribution in [0.1, 0.15) is 10.4 Å². The van der Waals surface area contributed by atoms with E-state index >= 15 is 0 Å². The van der Waals surface area contributed by atoms with Crippen molar-refractivity contribution in [2.24, 2.45) is 7.05 Å². The maximum atomic E-state index is 13.0. The van der Waals surface area contributed by atoms with Gasteiger partial charge in [0.25, 0.3) is 17.3 Å². The van der Waals surface area contributed by atoms with Crippen molar-refractivity contribution in [1.82, 2.24) is 4.98 Å². The van der Waals surface area contributed by atoms with Gasteiger partial charge in [0.15, 0.2) is 6.20 Å². The Balaban J connectivity index is 0.00000242. The van der Waals surface area contributed by atoms with E-state index in [-0.39, 0.29) is 36.1 Å². The fourth-order valence-electron chi connectivity index (χ4n) is 4.17. The molecule has 0 atom stereocenters. The lowest BCUT2D eigenvalue weighted by atomic mass is 10.1. The van der Waals surface area contributed by atoms with Crippen molar-refractivity contribution in [1.29, 1.82) is 0 Å². The van der Waals surface area contributed by atoms with Gasteiger partial charge in [-0.1, -0.05) is 0 Å². The van der Waals surface area contributed by atoms with Crippen LogP contribution in [0.5, 0.6) is 0 Å². The van der Waals surface area contributed by atoms with E-state index in [4.69, 9.17) is 0 Å². The van der Waals surface area contributed by atoms with E-state index in [2.05, 4.69) is 20.9 Å². The number of nitro groups is 2. The third kappa shape index (κ3) is 6.86. The smallest absolute Gasteiger partial charge is 0.284 e. The Labute approximate surface area is 251 Å². The highest BCUT2D eigenvalue weighted by Crippen LogP contribution is 2.31. The van der Waals surface area contributed by atoms with E-state index in [1.54, 1.807) is 68.1 Å². The van der Waals surface area contributed by atoms with Crippen molar-refractivity contribution in [3.8, 4) is 0 Å². The van der Waals surface area contributed by atoms with Crippen LogP contribution in [0.3, 0.4) is 0 Å². The molecule has 2 aromatic heterocycles. The second-order valence-electron chi connectivity index (χ2n) is 8.81. The third-order valence-electron chi connectivity index (χ3n) is 6.16. The summed E-state index contributed by atoms with van der Waals surface area (Å²) in [7, 11) is 1.81. The normalized spacial score (nSPS) is 10.1. The molecule has 0 unspecified atom stereocenters. The number of hydrogen-bond acceptors (Lipinski definition) is 8. The number of nitrogens with zero attached hydrogens (tertiary/aromatic N) is 4. The molecule has 0 spiro atoms. The fourth-order valence-corrected chi connectivity index (χ4v) is 4.17. The molecule has 0 aliphatic carbocycles. The molecule has 0 aliphatic rings. The van der Waals surface area contributed by atoms with E-state index in [0.717, 1.165) is 16.9 Å². The lowest BCUT2D eigenvalue weighted by molar-refractivity contribution is -0.644. The summed E-state index contributed by atoms with van der Waals surface area (Å²) in [6.07, 6.45) is 5.10. The molecule has 42 heavy (non-hydrogen) atoms. The highest BCUT2D eigenvalue weighted by molar-refractivity contribution is 6.07. The van der Waals surface area contributed by atoms with Gasteiger partial charge < -0.3 is 28.4 Å². The molecule has 0 saturated carbocycles. The van der Waals surface area contributed by atoms with E-state index < -0.39 is 21.4 Å². The summed E-state index contributed by atoms with van der Waals surface area (Å²) in [5.41, 5.74) is 3.10. The standard InChI is InChI=1S/C28H21N7O5.2ClH/c1-33-15-12-25(24-17-22(34(37)38)7-9-26(24)33)31-21-6-8-23(27(16-21)35(39)40)28(36)32-19-4-2-18(3-5-19)30-20-10-13-29-14-11-20;;/h2-17H,1H3,(H2,29,30,32,36);2*1H. The molecule has 0 fully saturated rings. The molecule has 2 heterocycles. The number of nitrogens with one attached hydrogen (secondary N) is 3. The summed E-state index contributed by atoms with van der Waals surface area (Å²) in [4.78, 5) is 39.0. The molecule has 5 aromatic rings. The first-order valence-corrected chi connectivity index (χ1v) is 12.0. The Morgan fingerprint density at radius 1 is 0.786 bits per heavy atom. The van der Waals surface area contributed by atoms with Crippen molar-refractivity contribution in [3.05, 3.63) is 123 Å². The summed E-state index contributed by atoms with van der Waals surface area (Å²) in [6, 6.07) is 20.9. The average Bonchev–Trinajstić information content (AvgIpc) is 2.96. The lowest BCUT2D eigenvalue weighted by Crippen LogP contribution is -3.00. The van der Waals surface area contributed by atoms with Crippen LogP contribution in [-0.4, -0.2) is 20.7 Å². The maximum Gasteiger partial charge on any atom is 0.284 e. The Kier molecular flexibility index (Phi) is 9.92. The monoisotopic (exact) mass is 607 g/mol. The Morgan fingerprint density at radius 3 is 2.10 bits per heavy atom. The van der Waals surface area contributed by atoms with Crippen LogP contribution in [0, 0.1) is 20.2 Å². The third-order valence-corrected chi connectivity index (χ3v) is 6.16. The number of carbonyl (C=O) groups excluding carboxylic acids is 1. The van der Waals surface area contributed by atoms with E-state index in [0.29, 0.717) is 22.4 Å². The van der Waals surface area contributed by atoms with Crippen LogP contribution in [0.4, 0.5) is 39.8 Å². The summed E-state index contributed by atoms with van der Waals surface area (Å²) < 4.78 is 1.81. The molecule has 5 rings (SSSR count). The molecule has 3 aromatic carbocycles. The van der Waals surface area contributed by atoms with Gasteiger partial charge in [0.1, 0.15) is 12.6 Å². The highest BCUT2D eigenvalue weighted by atomic mass is 35.5. The number of aryl methyl sites for hydroxylation is 1. The minimum atomic E-state index is -0.638. The molecular weight excluding hydrogens is 585 g/mol. The van der Waals surface area contributed by atoms with Crippen LogP contribution in [0.25, 0.3) is 10.9 Å². The van der Waals surface area contributed by atoms with Gasteiger partial charge in [0.2, 0.25) is 5.52 Å². The zero-order chi connectivity index (χ0) is 28.2. The first kappa shape index (κ1) is 31.2. The summed E-state index contributed by atoms with van der Waals surface area (Å²) >= 11 is 0. The number of pyridine rings is 2. The number of anilines is 5.